The molecular weight excluding hydrogens is 410 g/mol. The molecule has 0 fully saturated rings. The fourth-order valence-corrected chi connectivity index (χ4v) is 3.02. The molecule has 0 aliphatic heterocycles. The number of amides is 1. The topological polar surface area (TPSA) is 114 Å². The maximum atomic E-state index is 12.5. The van der Waals surface area contributed by atoms with Crippen LogP contribution >= 0.6 is 0 Å². The first kappa shape index (κ1) is 20.5. The van der Waals surface area contributed by atoms with Crippen molar-refractivity contribution in [3.05, 3.63) is 106 Å². The Bertz CT molecular complexity index is 1290. The van der Waals surface area contributed by atoms with Gasteiger partial charge in [-0.25, -0.2) is 4.79 Å². The van der Waals surface area contributed by atoms with E-state index >= 15 is 0 Å². The Morgan fingerprint density at radius 3 is 2.38 bits per heavy atom. The molecule has 32 heavy (non-hydrogen) atoms. The normalized spacial score (nSPS) is 10.9. The summed E-state index contributed by atoms with van der Waals surface area (Å²) in [5, 5.41) is 14.4. The van der Waals surface area contributed by atoms with Crippen LogP contribution in [0.2, 0.25) is 0 Å². The molecule has 0 spiro atoms. The summed E-state index contributed by atoms with van der Waals surface area (Å²) in [6.07, 6.45) is 2.82. The average molecular weight is 427 g/mol. The molecule has 1 amide bonds. The number of hydrogen-bond donors (Lipinski definition) is 2. The third-order valence-electron chi connectivity index (χ3n) is 4.62. The molecule has 8 nitrogen and oxygen atoms in total. The van der Waals surface area contributed by atoms with Crippen LogP contribution in [0.25, 0.3) is 17.0 Å². The van der Waals surface area contributed by atoms with Gasteiger partial charge in [0.05, 0.1) is 4.92 Å². The minimum absolute atomic E-state index is 0.0861. The predicted molar refractivity (Wildman–Crippen MR) is 120 cm³/mol. The van der Waals surface area contributed by atoms with Crippen molar-refractivity contribution < 1.29 is 19.2 Å². The van der Waals surface area contributed by atoms with Gasteiger partial charge in [-0.2, -0.15) is 0 Å². The summed E-state index contributed by atoms with van der Waals surface area (Å²) in [7, 11) is 0. The van der Waals surface area contributed by atoms with Crippen molar-refractivity contribution in [2.75, 3.05) is 5.32 Å². The summed E-state index contributed by atoms with van der Waals surface area (Å²) in [5.74, 6) is -0.661. The number of nitrogens with one attached hydrogen (secondary N) is 2. The van der Waals surface area contributed by atoms with Crippen LogP contribution in [0.3, 0.4) is 0 Å². The van der Waals surface area contributed by atoms with E-state index in [2.05, 4.69) is 10.3 Å². The Hall–Kier alpha value is -4.72. The summed E-state index contributed by atoms with van der Waals surface area (Å²) in [6, 6.07) is 21.6. The second kappa shape index (κ2) is 8.97. The number of fused-ring (bicyclic) bond motifs is 1. The SMILES string of the molecule is O=C(/C=C/c1ccc(NC(=O)c2cc3ccccc3[nH]2)cc1)Oc1ccc([N+](=O)[O-])cc1. The number of non-ortho nitro benzene ring substituents is 1. The first-order chi connectivity index (χ1) is 15.5. The van der Waals surface area contributed by atoms with Crippen LogP contribution in [0, 0.1) is 10.1 Å². The number of hydrogen-bond acceptors (Lipinski definition) is 5. The number of aromatic nitrogens is 1. The number of nitro benzene ring substituents is 1. The number of carbonyl (C=O) groups is 2. The number of esters is 1. The molecule has 0 atom stereocenters. The van der Waals surface area contributed by atoms with E-state index in [1.54, 1.807) is 36.4 Å². The summed E-state index contributed by atoms with van der Waals surface area (Å²) in [6.45, 7) is 0. The molecule has 8 heteroatoms. The first-order valence-corrected chi connectivity index (χ1v) is 9.61. The smallest absolute Gasteiger partial charge is 0.336 e. The van der Waals surface area contributed by atoms with Gasteiger partial charge in [0, 0.05) is 34.8 Å². The number of benzene rings is 3. The standard InChI is InChI=1S/C24H17N3O5/c28-23(32-20-12-10-19(11-13-20)27(30)31)14-7-16-5-8-18(9-6-16)25-24(29)22-15-17-3-1-2-4-21(17)26-22/h1-15,26H,(H,25,29)/b14-7+. The van der Waals surface area contributed by atoms with Gasteiger partial charge in [-0.15, -0.1) is 0 Å². The van der Waals surface area contributed by atoms with Gasteiger partial charge in [-0.3, -0.25) is 14.9 Å². The highest BCUT2D eigenvalue weighted by Crippen LogP contribution is 2.19. The molecule has 0 aliphatic carbocycles. The largest absolute Gasteiger partial charge is 0.423 e. The molecule has 0 aliphatic rings. The maximum Gasteiger partial charge on any atom is 0.336 e. The quantitative estimate of drug-likeness (QED) is 0.149. The van der Waals surface area contributed by atoms with Crippen LogP contribution in [-0.4, -0.2) is 21.8 Å². The molecule has 1 aromatic heterocycles. The molecule has 0 unspecified atom stereocenters. The summed E-state index contributed by atoms with van der Waals surface area (Å²) in [4.78, 5) is 37.6. The molecule has 1 heterocycles. The van der Waals surface area contributed by atoms with Gasteiger partial charge in [0.1, 0.15) is 11.4 Å². The second-order valence-corrected chi connectivity index (χ2v) is 6.85. The molecule has 0 saturated carbocycles. The molecule has 0 radical (unpaired) electrons. The lowest BCUT2D eigenvalue weighted by Gasteiger charge is -2.04. The average Bonchev–Trinajstić information content (AvgIpc) is 3.23. The molecule has 158 valence electrons. The monoisotopic (exact) mass is 427 g/mol. The van der Waals surface area contributed by atoms with E-state index in [1.165, 1.54) is 30.3 Å². The Labute approximate surface area is 182 Å². The van der Waals surface area contributed by atoms with E-state index in [0.29, 0.717) is 11.4 Å². The lowest BCUT2D eigenvalue weighted by atomic mass is 10.2. The highest BCUT2D eigenvalue weighted by molar-refractivity contribution is 6.06. The Kier molecular flexibility index (Phi) is 5.76. The Morgan fingerprint density at radius 2 is 1.69 bits per heavy atom. The number of H-pyrrole nitrogens is 1. The van der Waals surface area contributed by atoms with Gasteiger partial charge in [0.2, 0.25) is 0 Å². The van der Waals surface area contributed by atoms with E-state index in [-0.39, 0.29) is 17.3 Å². The summed E-state index contributed by atoms with van der Waals surface area (Å²) in [5.41, 5.74) is 2.61. The third-order valence-corrected chi connectivity index (χ3v) is 4.62. The fourth-order valence-electron chi connectivity index (χ4n) is 3.02. The number of nitrogens with zero attached hydrogens (tertiary/aromatic N) is 1. The van der Waals surface area contributed by atoms with Crippen molar-refractivity contribution >= 4 is 40.2 Å². The first-order valence-electron chi connectivity index (χ1n) is 9.61. The molecule has 0 bridgehead atoms. The van der Waals surface area contributed by atoms with Crippen LogP contribution in [-0.2, 0) is 4.79 Å². The summed E-state index contributed by atoms with van der Waals surface area (Å²) >= 11 is 0. The van der Waals surface area contributed by atoms with Crippen molar-refractivity contribution in [1.29, 1.82) is 0 Å². The molecular formula is C24H17N3O5. The third kappa shape index (κ3) is 4.88. The highest BCUT2D eigenvalue weighted by atomic mass is 16.6. The fraction of sp³-hybridized carbons (Fsp3) is 0. The zero-order chi connectivity index (χ0) is 22.5. The predicted octanol–water partition coefficient (Wildman–Crippen LogP) is 4.95. The van der Waals surface area contributed by atoms with Gasteiger partial charge < -0.3 is 15.0 Å². The van der Waals surface area contributed by atoms with E-state index in [0.717, 1.165) is 16.5 Å². The number of nitro groups is 1. The van der Waals surface area contributed by atoms with Crippen LogP contribution in [0.4, 0.5) is 11.4 Å². The van der Waals surface area contributed by atoms with E-state index in [1.807, 2.05) is 24.3 Å². The van der Waals surface area contributed by atoms with Gasteiger partial charge in [-0.1, -0.05) is 30.3 Å². The van der Waals surface area contributed by atoms with Crippen molar-refractivity contribution in [3.63, 3.8) is 0 Å². The van der Waals surface area contributed by atoms with Gasteiger partial charge in [0.15, 0.2) is 0 Å². The number of carbonyl (C=O) groups excluding carboxylic acids is 2. The summed E-state index contributed by atoms with van der Waals surface area (Å²) < 4.78 is 5.11. The molecule has 0 saturated heterocycles. The number of rotatable bonds is 6. The van der Waals surface area contributed by atoms with Gasteiger partial charge in [-0.05, 0) is 48.0 Å². The minimum Gasteiger partial charge on any atom is -0.423 e. The highest BCUT2D eigenvalue weighted by Gasteiger charge is 2.10. The molecule has 3 aromatic carbocycles. The Balaban J connectivity index is 1.34. The zero-order valence-corrected chi connectivity index (χ0v) is 16.6. The number of aromatic amines is 1. The van der Waals surface area contributed by atoms with E-state index in [9.17, 15) is 19.7 Å². The van der Waals surface area contributed by atoms with Crippen LogP contribution in [0.5, 0.6) is 5.75 Å². The lowest BCUT2D eigenvalue weighted by molar-refractivity contribution is -0.384. The Morgan fingerprint density at radius 1 is 0.969 bits per heavy atom. The van der Waals surface area contributed by atoms with Crippen molar-refractivity contribution in [1.82, 2.24) is 4.98 Å². The van der Waals surface area contributed by atoms with Gasteiger partial charge >= 0.3 is 5.97 Å². The van der Waals surface area contributed by atoms with E-state index in [4.69, 9.17) is 4.74 Å². The maximum absolute atomic E-state index is 12.5. The second-order valence-electron chi connectivity index (χ2n) is 6.85. The van der Waals surface area contributed by atoms with Crippen LogP contribution in [0.1, 0.15) is 16.1 Å². The molecule has 2 N–H and O–H groups in total. The van der Waals surface area contributed by atoms with Crippen molar-refractivity contribution in [2.45, 2.75) is 0 Å². The zero-order valence-electron chi connectivity index (χ0n) is 16.6. The number of ether oxygens (including phenoxy) is 1. The van der Waals surface area contributed by atoms with Crippen molar-refractivity contribution in [2.24, 2.45) is 0 Å². The lowest BCUT2D eigenvalue weighted by Crippen LogP contribution is -2.12. The molecule has 4 rings (SSSR count). The van der Waals surface area contributed by atoms with Gasteiger partial charge in [0.25, 0.3) is 11.6 Å². The van der Waals surface area contributed by atoms with Crippen molar-refractivity contribution in [3.8, 4) is 5.75 Å². The van der Waals surface area contributed by atoms with Crippen LogP contribution < -0.4 is 10.1 Å². The molecule has 4 aromatic rings. The number of para-hydroxylation sites is 1. The number of anilines is 1. The van der Waals surface area contributed by atoms with Crippen LogP contribution in [0.15, 0.2) is 84.9 Å². The minimum atomic E-state index is -0.616. The van der Waals surface area contributed by atoms with E-state index < -0.39 is 10.9 Å².